The molecule has 96 valence electrons. The number of benzene rings is 1. The van der Waals surface area contributed by atoms with Crippen molar-refractivity contribution in [3.63, 3.8) is 0 Å². The SMILES string of the molecule is CCC(CO)NCC(O)c1cc(Cl)ccc1Cl. The van der Waals surface area contributed by atoms with Crippen LogP contribution in [-0.4, -0.2) is 29.4 Å². The molecule has 5 heteroatoms. The van der Waals surface area contributed by atoms with Gasteiger partial charge in [-0.15, -0.1) is 0 Å². The Bertz CT molecular complexity index is 356. The van der Waals surface area contributed by atoms with Crippen molar-refractivity contribution in [1.29, 1.82) is 0 Å². The lowest BCUT2D eigenvalue weighted by molar-refractivity contribution is 0.158. The molecule has 0 saturated carbocycles. The fourth-order valence-electron chi connectivity index (χ4n) is 1.50. The highest BCUT2D eigenvalue weighted by atomic mass is 35.5. The van der Waals surface area contributed by atoms with Crippen LogP contribution < -0.4 is 5.32 Å². The molecule has 0 aliphatic carbocycles. The standard InChI is InChI=1S/C12H17Cl2NO2/c1-2-9(7-16)15-6-12(17)10-5-8(13)3-4-11(10)14/h3-5,9,12,15-17H,2,6-7H2,1H3. The van der Waals surface area contributed by atoms with Crippen LogP contribution in [0.5, 0.6) is 0 Å². The van der Waals surface area contributed by atoms with Gasteiger partial charge in [-0.2, -0.15) is 0 Å². The lowest BCUT2D eigenvalue weighted by Gasteiger charge is -2.18. The highest BCUT2D eigenvalue weighted by molar-refractivity contribution is 6.33. The molecule has 0 amide bonds. The van der Waals surface area contributed by atoms with Crippen LogP contribution >= 0.6 is 23.2 Å². The van der Waals surface area contributed by atoms with Crippen LogP contribution in [0.3, 0.4) is 0 Å². The minimum Gasteiger partial charge on any atom is -0.395 e. The molecule has 2 unspecified atom stereocenters. The Balaban J connectivity index is 2.63. The van der Waals surface area contributed by atoms with Crippen molar-refractivity contribution >= 4 is 23.2 Å². The average Bonchev–Trinajstić information content (AvgIpc) is 2.33. The largest absolute Gasteiger partial charge is 0.395 e. The van der Waals surface area contributed by atoms with E-state index in [-0.39, 0.29) is 12.6 Å². The third kappa shape index (κ3) is 4.45. The second-order valence-electron chi connectivity index (χ2n) is 3.88. The van der Waals surface area contributed by atoms with Gasteiger partial charge in [0, 0.05) is 28.2 Å². The van der Waals surface area contributed by atoms with Crippen LogP contribution in [0.4, 0.5) is 0 Å². The Hall–Kier alpha value is -0.320. The number of aliphatic hydroxyl groups excluding tert-OH is 2. The Labute approximate surface area is 111 Å². The summed E-state index contributed by atoms with van der Waals surface area (Å²) in [5.74, 6) is 0. The average molecular weight is 278 g/mol. The Morgan fingerprint density at radius 3 is 2.65 bits per heavy atom. The van der Waals surface area contributed by atoms with Gasteiger partial charge >= 0.3 is 0 Å². The van der Waals surface area contributed by atoms with Crippen molar-refractivity contribution in [2.45, 2.75) is 25.5 Å². The molecule has 17 heavy (non-hydrogen) atoms. The van der Waals surface area contributed by atoms with E-state index in [0.29, 0.717) is 22.2 Å². The molecule has 0 aromatic heterocycles. The Morgan fingerprint density at radius 2 is 2.06 bits per heavy atom. The topological polar surface area (TPSA) is 52.5 Å². The fraction of sp³-hybridized carbons (Fsp3) is 0.500. The molecular weight excluding hydrogens is 261 g/mol. The number of rotatable bonds is 6. The molecule has 3 nitrogen and oxygen atoms in total. The summed E-state index contributed by atoms with van der Waals surface area (Å²) in [6, 6.07) is 4.97. The summed E-state index contributed by atoms with van der Waals surface area (Å²) in [5.41, 5.74) is 0.597. The van der Waals surface area contributed by atoms with E-state index in [2.05, 4.69) is 5.32 Å². The zero-order valence-corrected chi connectivity index (χ0v) is 11.2. The van der Waals surface area contributed by atoms with Gasteiger partial charge in [0.1, 0.15) is 0 Å². The molecule has 3 N–H and O–H groups in total. The minimum atomic E-state index is -0.734. The first kappa shape index (κ1) is 14.7. The summed E-state index contributed by atoms with van der Waals surface area (Å²) in [4.78, 5) is 0. The molecule has 0 radical (unpaired) electrons. The van der Waals surface area contributed by atoms with Gasteiger partial charge in [-0.05, 0) is 24.6 Å². The second-order valence-corrected chi connectivity index (χ2v) is 4.72. The van der Waals surface area contributed by atoms with Crippen molar-refractivity contribution in [2.24, 2.45) is 0 Å². The number of hydrogen-bond donors (Lipinski definition) is 3. The predicted octanol–water partition coefficient (Wildman–Crippen LogP) is 2.39. The molecule has 1 aromatic rings. The maximum absolute atomic E-state index is 9.98. The summed E-state index contributed by atoms with van der Waals surface area (Å²) in [7, 11) is 0. The monoisotopic (exact) mass is 277 g/mol. The molecule has 0 spiro atoms. The van der Waals surface area contributed by atoms with E-state index >= 15 is 0 Å². The van der Waals surface area contributed by atoms with Gasteiger partial charge in [-0.1, -0.05) is 30.1 Å². The molecule has 0 aliphatic rings. The first-order valence-electron chi connectivity index (χ1n) is 5.55. The van der Waals surface area contributed by atoms with E-state index in [1.807, 2.05) is 6.92 Å². The summed E-state index contributed by atoms with van der Waals surface area (Å²) in [6.07, 6.45) is 0.0637. The van der Waals surface area contributed by atoms with E-state index in [4.69, 9.17) is 28.3 Å². The quantitative estimate of drug-likeness (QED) is 0.749. The molecule has 0 bridgehead atoms. The smallest absolute Gasteiger partial charge is 0.0929 e. The lowest BCUT2D eigenvalue weighted by atomic mass is 10.1. The molecule has 1 rings (SSSR count). The van der Waals surface area contributed by atoms with Crippen LogP contribution in [0.2, 0.25) is 10.0 Å². The first-order chi connectivity index (χ1) is 8.08. The fourth-order valence-corrected chi connectivity index (χ4v) is 1.92. The Morgan fingerprint density at radius 1 is 1.35 bits per heavy atom. The summed E-state index contributed by atoms with van der Waals surface area (Å²) in [5, 5.41) is 23.1. The maximum atomic E-state index is 9.98. The van der Waals surface area contributed by atoms with E-state index in [1.54, 1.807) is 18.2 Å². The van der Waals surface area contributed by atoms with E-state index in [1.165, 1.54) is 0 Å². The molecular formula is C12H17Cl2NO2. The summed E-state index contributed by atoms with van der Waals surface area (Å²) >= 11 is 11.8. The maximum Gasteiger partial charge on any atom is 0.0929 e. The van der Waals surface area contributed by atoms with Crippen LogP contribution in [0.1, 0.15) is 25.0 Å². The number of halogens is 2. The van der Waals surface area contributed by atoms with E-state index in [9.17, 15) is 5.11 Å². The van der Waals surface area contributed by atoms with Crippen molar-refractivity contribution in [2.75, 3.05) is 13.2 Å². The molecule has 2 atom stereocenters. The Kier molecular flexibility index (Phi) is 6.23. The minimum absolute atomic E-state index is 0.0115. The van der Waals surface area contributed by atoms with Gasteiger partial charge in [0.2, 0.25) is 0 Å². The van der Waals surface area contributed by atoms with E-state index in [0.717, 1.165) is 6.42 Å². The third-order valence-corrected chi connectivity index (χ3v) is 3.21. The molecule has 0 saturated heterocycles. The first-order valence-corrected chi connectivity index (χ1v) is 6.31. The van der Waals surface area contributed by atoms with Crippen LogP contribution in [0.25, 0.3) is 0 Å². The van der Waals surface area contributed by atoms with Gasteiger partial charge in [0.05, 0.1) is 12.7 Å². The van der Waals surface area contributed by atoms with Gasteiger partial charge in [-0.25, -0.2) is 0 Å². The molecule has 1 aromatic carbocycles. The number of aliphatic hydroxyl groups is 2. The van der Waals surface area contributed by atoms with E-state index < -0.39 is 6.10 Å². The van der Waals surface area contributed by atoms with Crippen molar-refractivity contribution in [3.8, 4) is 0 Å². The van der Waals surface area contributed by atoms with Crippen LogP contribution in [0.15, 0.2) is 18.2 Å². The highest BCUT2D eigenvalue weighted by Crippen LogP contribution is 2.26. The third-order valence-electron chi connectivity index (χ3n) is 2.63. The number of hydrogen-bond acceptors (Lipinski definition) is 3. The van der Waals surface area contributed by atoms with Gasteiger partial charge in [0.25, 0.3) is 0 Å². The zero-order valence-electron chi connectivity index (χ0n) is 9.66. The molecule has 0 heterocycles. The normalized spacial score (nSPS) is 14.6. The highest BCUT2D eigenvalue weighted by Gasteiger charge is 2.13. The second kappa shape index (κ2) is 7.19. The van der Waals surface area contributed by atoms with Gasteiger partial charge < -0.3 is 15.5 Å². The van der Waals surface area contributed by atoms with Crippen molar-refractivity contribution in [3.05, 3.63) is 33.8 Å². The van der Waals surface area contributed by atoms with Crippen molar-refractivity contribution in [1.82, 2.24) is 5.32 Å². The van der Waals surface area contributed by atoms with Gasteiger partial charge in [0.15, 0.2) is 0 Å². The van der Waals surface area contributed by atoms with Crippen molar-refractivity contribution < 1.29 is 10.2 Å². The summed E-state index contributed by atoms with van der Waals surface area (Å²) < 4.78 is 0. The molecule has 0 aliphatic heterocycles. The number of nitrogens with one attached hydrogen (secondary N) is 1. The van der Waals surface area contributed by atoms with Crippen LogP contribution in [0, 0.1) is 0 Å². The predicted molar refractivity (Wildman–Crippen MR) is 70.6 cm³/mol. The van der Waals surface area contributed by atoms with Crippen LogP contribution in [-0.2, 0) is 0 Å². The lowest BCUT2D eigenvalue weighted by Crippen LogP contribution is -2.35. The van der Waals surface area contributed by atoms with Gasteiger partial charge in [-0.3, -0.25) is 0 Å². The molecule has 0 fully saturated rings. The summed E-state index contributed by atoms with van der Waals surface area (Å²) in [6.45, 7) is 2.35. The zero-order chi connectivity index (χ0) is 12.8.